The molecule has 0 aliphatic rings. The minimum Gasteiger partial charge on any atom is -0.507 e. The Morgan fingerprint density at radius 3 is 2.50 bits per heavy atom. The van der Waals surface area contributed by atoms with Gasteiger partial charge in [-0.3, -0.25) is 9.59 Å². The number of nitrogens with zero attached hydrogens (tertiary/aromatic N) is 1. The maximum Gasteiger partial charge on any atom is 0.323 e. The summed E-state index contributed by atoms with van der Waals surface area (Å²) in [5.74, 6) is -1.41. The summed E-state index contributed by atoms with van der Waals surface area (Å²) in [5.41, 5.74) is 0.0624. The molecule has 0 spiro atoms. The third kappa shape index (κ3) is 3.63. The smallest absolute Gasteiger partial charge is 0.323 e. The average molecular weight is 281 g/mol. The maximum absolute atomic E-state index is 12.4. The van der Waals surface area contributed by atoms with Crippen LogP contribution < -0.4 is 4.74 Å². The van der Waals surface area contributed by atoms with Crippen LogP contribution in [0.25, 0.3) is 0 Å². The van der Waals surface area contributed by atoms with Crippen LogP contribution in [-0.2, 0) is 4.79 Å². The molecule has 1 unspecified atom stereocenters. The van der Waals surface area contributed by atoms with Crippen molar-refractivity contribution in [1.82, 2.24) is 4.90 Å². The van der Waals surface area contributed by atoms with Gasteiger partial charge in [0.05, 0.1) is 12.7 Å². The van der Waals surface area contributed by atoms with Crippen molar-refractivity contribution in [2.75, 3.05) is 13.7 Å². The molecule has 1 amide bonds. The first-order valence-electron chi connectivity index (χ1n) is 6.30. The number of carboxylic acid groups (broad SMARTS) is 1. The number of ether oxygens (including phenoxy) is 1. The number of aromatic hydroxyl groups is 1. The lowest BCUT2D eigenvalue weighted by atomic mass is 10.1. The number of methoxy groups -OCH3 is 1. The summed E-state index contributed by atoms with van der Waals surface area (Å²) in [6.07, 6.45) is 0.621. The van der Waals surface area contributed by atoms with E-state index < -0.39 is 18.4 Å². The van der Waals surface area contributed by atoms with E-state index in [4.69, 9.17) is 9.84 Å². The van der Waals surface area contributed by atoms with Crippen LogP contribution in [0.4, 0.5) is 0 Å². The Morgan fingerprint density at radius 1 is 1.40 bits per heavy atom. The van der Waals surface area contributed by atoms with Crippen molar-refractivity contribution in [3.63, 3.8) is 0 Å². The average Bonchev–Trinajstić information content (AvgIpc) is 2.42. The highest BCUT2D eigenvalue weighted by atomic mass is 16.5. The lowest BCUT2D eigenvalue weighted by Gasteiger charge is -2.27. The highest BCUT2D eigenvalue weighted by Gasteiger charge is 2.25. The van der Waals surface area contributed by atoms with E-state index in [9.17, 15) is 14.7 Å². The number of carbonyl (C=O) groups excluding carboxylic acids is 1. The minimum atomic E-state index is -1.09. The molecule has 0 saturated carbocycles. The zero-order chi connectivity index (χ0) is 15.3. The summed E-state index contributed by atoms with van der Waals surface area (Å²) < 4.78 is 4.94. The van der Waals surface area contributed by atoms with Crippen molar-refractivity contribution < 1.29 is 24.5 Å². The molecular weight excluding hydrogens is 262 g/mol. The normalized spacial score (nSPS) is 11.8. The fourth-order valence-electron chi connectivity index (χ4n) is 1.77. The van der Waals surface area contributed by atoms with E-state index in [0.717, 1.165) is 0 Å². The van der Waals surface area contributed by atoms with Gasteiger partial charge in [-0.05, 0) is 25.5 Å². The number of phenolic OH excluding ortho intramolecular Hbond substituents is 1. The van der Waals surface area contributed by atoms with Gasteiger partial charge in [-0.25, -0.2) is 0 Å². The second-order valence-corrected chi connectivity index (χ2v) is 4.47. The van der Waals surface area contributed by atoms with E-state index >= 15 is 0 Å². The highest BCUT2D eigenvalue weighted by molar-refractivity contribution is 5.98. The summed E-state index contributed by atoms with van der Waals surface area (Å²) in [5, 5.41) is 18.8. The van der Waals surface area contributed by atoms with E-state index in [2.05, 4.69) is 0 Å². The molecule has 0 aromatic heterocycles. The standard InChI is InChI=1S/C14H19NO5/c1-4-9(2)15(8-13(17)18)14(19)11-6-5-10(20-3)7-12(11)16/h5-7,9,16H,4,8H2,1-3H3,(H,17,18). The SMILES string of the molecule is CCC(C)N(CC(=O)O)C(=O)c1ccc(OC)cc1O. The predicted octanol–water partition coefficient (Wildman–Crippen LogP) is 1.73. The maximum atomic E-state index is 12.4. The number of benzene rings is 1. The van der Waals surface area contributed by atoms with Gasteiger partial charge >= 0.3 is 5.97 Å². The topological polar surface area (TPSA) is 87.1 Å². The van der Waals surface area contributed by atoms with Gasteiger partial charge in [-0.15, -0.1) is 0 Å². The molecule has 1 rings (SSSR count). The molecule has 1 aromatic rings. The molecule has 2 N–H and O–H groups in total. The number of aliphatic carboxylic acids is 1. The number of rotatable bonds is 6. The Morgan fingerprint density at radius 2 is 2.05 bits per heavy atom. The third-order valence-corrected chi connectivity index (χ3v) is 3.12. The first-order chi connectivity index (χ1) is 9.40. The molecule has 6 nitrogen and oxygen atoms in total. The van der Waals surface area contributed by atoms with E-state index in [-0.39, 0.29) is 17.4 Å². The van der Waals surface area contributed by atoms with Crippen LogP contribution in [0, 0.1) is 0 Å². The lowest BCUT2D eigenvalue weighted by molar-refractivity contribution is -0.138. The predicted molar refractivity (Wildman–Crippen MR) is 73.1 cm³/mol. The molecule has 0 fully saturated rings. The monoisotopic (exact) mass is 281 g/mol. The van der Waals surface area contributed by atoms with Gasteiger partial charge in [0.15, 0.2) is 0 Å². The Balaban J connectivity index is 3.08. The van der Waals surface area contributed by atoms with E-state index in [1.165, 1.54) is 24.1 Å². The van der Waals surface area contributed by atoms with Gasteiger partial charge in [0.1, 0.15) is 18.0 Å². The quantitative estimate of drug-likeness (QED) is 0.829. The second-order valence-electron chi connectivity index (χ2n) is 4.47. The highest BCUT2D eigenvalue weighted by Crippen LogP contribution is 2.25. The molecule has 0 aliphatic heterocycles. The Labute approximate surface area is 117 Å². The Hall–Kier alpha value is -2.24. The third-order valence-electron chi connectivity index (χ3n) is 3.12. The fourth-order valence-corrected chi connectivity index (χ4v) is 1.77. The van der Waals surface area contributed by atoms with Gasteiger partial charge in [-0.1, -0.05) is 6.92 Å². The summed E-state index contributed by atoms with van der Waals surface area (Å²) in [6, 6.07) is 4.05. The summed E-state index contributed by atoms with van der Waals surface area (Å²) in [4.78, 5) is 24.5. The van der Waals surface area contributed by atoms with Crippen molar-refractivity contribution in [3.05, 3.63) is 23.8 Å². The zero-order valence-corrected chi connectivity index (χ0v) is 11.8. The van der Waals surface area contributed by atoms with Gasteiger partial charge < -0.3 is 19.8 Å². The van der Waals surface area contributed by atoms with Crippen LogP contribution >= 0.6 is 0 Å². The number of hydrogen-bond acceptors (Lipinski definition) is 4. The van der Waals surface area contributed by atoms with Crippen molar-refractivity contribution in [3.8, 4) is 11.5 Å². The van der Waals surface area contributed by atoms with Crippen molar-refractivity contribution >= 4 is 11.9 Å². The molecule has 1 atom stereocenters. The molecule has 0 saturated heterocycles. The molecule has 0 aliphatic carbocycles. The molecule has 0 bridgehead atoms. The van der Waals surface area contributed by atoms with Crippen LogP contribution in [-0.4, -0.2) is 46.7 Å². The summed E-state index contributed by atoms with van der Waals surface area (Å²) in [6.45, 7) is 3.22. The van der Waals surface area contributed by atoms with Crippen LogP contribution in [0.15, 0.2) is 18.2 Å². The fraction of sp³-hybridized carbons (Fsp3) is 0.429. The molecule has 0 radical (unpaired) electrons. The van der Waals surface area contributed by atoms with Crippen LogP contribution in [0.5, 0.6) is 11.5 Å². The van der Waals surface area contributed by atoms with Crippen LogP contribution in [0.2, 0.25) is 0 Å². The Bertz CT molecular complexity index is 500. The molecule has 20 heavy (non-hydrogen) atoms. The molecular formula is C14H19NO5. The van der Waals surface area contributed by atoms with E-state index in [0.29, 0.717) is 12.2 Å². The van der Waals surface area contributed by atoms with E-state index in [1.54, 1.807) is 13.0 Å². The number of amides is 1. The lowest BCUT2D eigenvalue weighted by Crippen LogP contribution is -2.41. The van der Waals surface area contributed by atoms with E-state index in [1.807, 2.05) is 6.92 Å². The number of hydrogen-bond donors (Lipinski definition) is 2. The van der Waals surface area contributed by atoms with Crippen molar-refractivity contribution in [2.24, 2.45) is 0 Å². The Kier molecular flexibility index (Phi) is 5.37. The summed E-state index contributed by atoms with van der Waals surface area (Å²) in [7, 11) is 1.45. The van der Waals surface area contributed by atoms with Gasteiger partial charge in [0.2, 0.25) is 0 Å². The molecule has 6 heteroatoms. The van der Waals surface area contributed by atoms with Crippen molar-refractivity contribution in [1.29, 1.82) is 0 Å². The molecule has 0 heterocycles. The van der Waals surface area contributed by atoms with Crippen LogP contribution in [0.3, 0.4) is 0 Å². The van der Waals surface area contributed by atoms with Crippen LogP contribution in [0.1, 0.15) is 30.6 Å². The minimum absolute atomic E-state index is 0.0624. The number of carboxylic acids is 1. The van der Waals surface area contributed by atoms with Gasteiger partial charge in [0.25, 0.3) is 5.91 Å². The molecule has 110 valence electrons. The number of phenols is 1. The van der Waals surface area contributed by atoms with Gasteiger partial charge in [-0.2, -0.15) is 0 Å². The first-order valence-corrected chi connectivity index (χ1v) is 6.30. The van der Waals surface area contributed by atoms with Crippen molar-refractivity contribution in [2.45, 2.75) is 26.3 Å². The molecule has 1 aromatic carbocycles. The zero-order valence-electron chi connectivity index (χ0n) is 11.8. The number of carbonyl (C=O) groups is 2. The summed E-state index contributed by atoms with van der Waals surface area (Å²) >= 11 is 0. The largest absolute Gasteiger partial charge is 0.507 e. The second kappa shape index (κ2) is 6.79. The van der Waals surface area contributed by atoms with Gasteiger partial charge in [0, 0.05) is 12.1 Å². The first kappa shape index (κ1) is 15.8.